The summed E-state index contributed by atoms with van der Waals surface area (Å²) in [6.07, 6.45) is 1.97. The minimum atomic E-state index is 0.0139. The number of allylic oxidation sites excluding steroid dienone is 1. The second kappa shape index (κ2) is 7.98. The van der Waals surface area contributed by atoms with Gasteiger partial charge in [-0.05, 0) is 52.3 Å². The van der Waals surface area contributed by atoms with Gasteiger partial charge in [-0.2, -0.15) is 0 Å². The van der Waals surface area contributed by atoms with E-state index >= 15 is 0 Å². The van der Waals surface area contributed by atoms with Gasteiger partial charge < -0.3 is 9.80 Å². The lowest BCUT2D eigenvalue weighted by atomic mass is 9.96. The Balaban J connectivity index is 2.85. The molecule has 0 bridgehead atoms. The summed E-state index contributed by atoms with van der Waals surface area (Å²) >= 11 is 0. The molecule has 0 atom stereocenters. The Kier molecular flexibility index (Phi) is 6.62. The summed E-state index contributed by atoms with van der Waals surface area (Å²) in [6, 6.07) is 9.99. The highest BCUT2D eigenvalue weighted by Gasteiger charge is 2.21. The number of carbonyl (C=O) groups excluding carboxylic acids is 1. The topological polar surface area (TPSA) is 23.6 Å². The molecule has 0 heterocycles. The number of rotatable bonds is 7. The molecule has 3 heteroatoms. The van der Waals surface area contributed by atoms with Gasteiger partial charge in [-0.1, -0.05) is 30.3 Å². The van der Waals surface area contributed by atoms with Crippen LogP contribution >= 0.6 is 0 Å². The first-order valence-electron chi connectivity index (χ1n) is 6.97. The number of ketones is 1. The lowest BCUT2D eigenvalue weighted by Gasteiger charge is -2.23. The third-order valence-corrected chi connectivity index (χ3v) is 3.11. The predicted molar refractivity (Wildman–Crippen MR) is 85.7 cm³/mol. The van der Waals surface area contributed by atoms with Gasteiger partial charge in [0, 0.05) is 19.0 Å². The summed E-state index contributed by atoms with van der Waals surface area (Å²) in [5.74, 6) is 0.246. The van der Waals surface area contributed by atoms with Crippen LogP contribution in [-0.2, 0) is 4.79 Å². The molecule has 0 amide bonds. The van der Waals surface area contributed by atoms with Crippen LogP contribution in [-0.4, -0.2) is 56.9 Å². The van der Waals surface area contributed by atoms with Crippen molar-refractivity contribution in [2.75, 3.05) is 41.3 Å². The molecule has 0 N–H and O–H groups in total. The van der Waals surface area contributed by atoms with Gasteiger partial charge in [-0.25, -0.2) is 0 Å². The summed E-state index contributed by atoms with van der Waals surface area (Å²) in [5, 5.41) is 0. The normalized spacial score (nSPS) is 12.5. The molecule has 0 spiro atoms. The first-order chi connectivity index (χ1) is 9.40. The summed E-state index contributed by atoms with van der Waals surface area (Å²) < 4.78 is 0. The van der Waals surface area contributed by atoms with E-state index < -0.39 is 0 Å². The Labute approximate surface area is 122 Å². The molecular formula is C17H26N2O. The zero-order valence-electron chi connectivity index (χ0n) is 13.3. The van der Waals surface area contributed by atoms with Crippen molar-refractivity contribution in [1.29, 1.82) is 0 Å². The van der Waals surface area contributed by atoms with Crippen LogP contribution in [0.15, 0.2) is 35.9 Å². The largest absolute Gasteiger partial charge is 0.309 e. The molecular weight excluding hydrogens is 248 g/mol. The molecule has 0 saturated carbocycles. The molecule has 3 nitrogen and oxygen atoms in total. The van der Waals surface area contributed by atoms with E-state index in [1.54, 1.807) is 0 Å². The monoisotopic (exact) mass is 274 g/mol. The van der Waals surface area contributed by atoms with Crippen molar-refractivity contribution in [1.82, 2.24) is 9.80 Å². The molecule has 0 aliphatic rings. The SMILES string of the molecule is C/C(=C\c1ccccc1)C(=O)C(CN(C)C)CN(C)C. The van der Waals surface area contributed by atoms with Gasteiger partial charge in [-0.15, -0.1) is 0 Å². The summed E-state index contributed by atoms with van der Waals surface area (Å²) in [5.41, 5.74) is 1.90. The minimum Gasteiger partial charge on any atom is -0.309 e. The van der Waals surface area contributed by atoms with E-state index in [0.29, 0.717) is 0 Å². The number of hydrogen-bond acceptors (Lipinski definition) is 3. The summed E-state index contributed by atoms with van der Waals surface area (Å²) in [4.78, 5) is 16.7. The fourth-order valence-electron chi connectivity index (χ4n) is 2.30. The van der Waals surface area contributed by atoms with E-state index in [9.17, 15) is 4.79 Å². The van der Waals surface area contributed by atoms with Gasteiger partial charge >= 0.3 is 0 Å². The summed E-state index contributed by atoms with van der Waals surface area (Å²) in [7, 11) is 8.02. The molecule has 0 unspecified atom stereocenters. The van der Waals surface area contributed by atoms with Crippen molar-refractivity contribution in [2.24, 2.45) is 5.92 Å². The van der Waals surface area contributed by atoms with Crippen molar-refractivity contribution >= 4 is 11.9 Å². The van der Waals surface area contributed by atoms with Crippen molar-refractivity contribution in [2.45, 2.75) is 6.92 Å². The molecule has 0 aromatic heterocycles. The van der Waals surface area contributed by atoms with Crippen molar-refractivity contribution < 1.29 is 4.79 Å². The van der Waals surface area contributed by atoms with Gasteiger partial charge in [-0.3, -0.25) is 4.79 Å². The Morgan fingerprint density at radius 1 is 1.05 bits per heavy atom. The molecule has 110 valence electrons. The smallest absolute Gasteiger partial charge is 0.164 e. The summed E-state index contributed by atoms with van der Waals surface area (Å²) in [6.45, 7) is 3.46. The van der Waals surface area contributed by atoms with Crippen LogP contribution in [0.5, 0.6) is 0 Å². The van der Waals surface area contributed by atoms with Crippen molar-refractivity contribution in [3.63, 3.8) is 0 Å². The zero-order chi connectivity index (χ0) is 15.1. The Morgan fingerprint density at radius 2 is 1.55 bits per heavy atom. The van der Waals surface area contributed by atoms with E-state index in [1.807, 2.05) is 71.5 Å². The fourth-order valence-corrected chi connectivity index (χ4v) is 2.30. The molecule has 0 fully saturated rings. The third kappa shape index (κ3) is 5.68. The van der Waals surface area contributed by atoms with Gasteiger partial charge in [0.15, 0.2) is 5.78 Å². The van der Waals surface area contributed by atoms with E-state index in [2.05, 4.69) is 9.80 Å². The quantitative estimate of drug-likeness (QED) is 0.713. The minimum absolute atomic E-state index is 0.0139. The van der Waals surface area contributed by atoms with Crippen LogP contribution < -0.4 is 0 Å². The van der Waals surface area contributed by atoms with Crippen LogP contribution in [0.1, 0.15) is 12.5 Å². The zero-order valence-corrected chi connectivity index (χ0v) is 13.3. The highest BCUT2D eigenvalue weighted by atomic mass is 16.1. The van der Waals surface area contributed by atoms with E-state index in [0.717, 1.165) is 24.2 Å². The van der Waals surface area contributed by atoms with E-state index in [4.69, 9.17) is 0 Å². The van der Waals surface area contributed by atoms with Crippen molar-refractivity contribution in [3.8, 4) is 0 Å². The molecule has 0 aliphatic carbocycles. The molecule has 0 aliphatic heterocycles. The average molecular weight is 274 g/mol. The Bertz CT molecular complexity index is 439. The highest BCUT2D eigenvalue weighted by molar-refractivity contribution is 6.00. The maximum atomic E-state index is 12.6. The van der Waals surface area contributed by atoms with Crippen molar-refractivity contribution in [3.05, 3.63) is 41.5 Å². The standard InChI is InChI=1S/C17H26N2O/c1-14(11-15-9-7-6-8-10-15)17(20)16(12-18(2)3)13-19(4)5/h6-11,16H,12-13H2,1-5H3/b14-11+. The van der Waals surface area contributed by atoms with Gasteiger partial charge in [0.05, 0.1) is 0 Å². The molecule has 1 aromatic carbocycles. The maximum Gasteiger partial charge on any atom is 0.164 e. The lowest BCUT2D eigenvalue weighted by molar-refractivity contribution is -0.120. The van der Waals surface area contributed by atoms with Gasteiger partial charge in [0.25, 0.3) is 0 Å². The predicted octanol–water partition coefficient (Wildman–Crippen LogP) is 2.40. The van der Waals surface area contributed by atoms with Crippen LogP contribution in [0, 0.1) is 5.92 Å². The fraction of sp³-hybridized carbons (Fsp3) is 0.471. The highest BCUT2D eigenvalue weighted by Crippen LogP contribution is 2.13. The second-order valence-electron chi connectivity index (χ2n) is 5.82. The Morgan fingerprint density at radius 3 is 2.00 bits per heavy atom. The van der Waals surface area contributed by atoms with Gasteiger partial charge in [0.1, 0.15) is 0 Å². The van der Waals surface area contributed by atoms with E-state index in [1.165, 1.54) is 0 Å². The third-order valence-electron chi connectivity index (χ3n) is 3.11. The number of hydrogen-bond donors (Lipinski definition) is 0. The van der Waals surface area contributed by atoms with Crippen LogP contribution in [0.4, 0.5) is 0 Å². The number of nitrogens with zero attached hydrogens (tertiary/aromatic N) is 2. The van der Waals surface area contributed by atoms with E-state index in [-0.39, 0.29) is 11.7 Å². The molecule has 1 rings (SSSR count). The molecule has 0 radical (unpaired) electrons. The molecule has 0 saturated heterocycles. The second-order valence-corrected chi connectivity index (χ2v) is 5.82. The number of Topliss-reactive ketones (excluding diaryl/α,β-unsaturated/α-hetero) is 1. The van der Waals surface area contributed by atoms with Crippen LogP contribution in [0.25, 0.3) is 6.08 Å². The average Bonchev–Trinajstić information content (AvgIpc) is 2.37. The first-order valence-corrected chi connectivity index (χ1v) is 6.97. The molecule has 20 heavy (non-hydrogen) atoms. The molecule has 1 aromatic rings. The number of carbonyl (C=O) groups is 1. The van der Waals surface area contributed by atoms with Gasteiger partial charge in [0.2, 0.25) is 0 Å². The first kappa shape index (κ1) is 16.6. The van der Waals surface area contributed by atoms with Crippen LogP contribution in [0.3, 0.4) is 0 Å². The van der Waals surface area contributed by atoms with Crippen LogP contribution in [0.2, 0.25) is 0 Å². The lowest BCUT2D eigenvalue weighted by Crippen LogP contribution is -2.36. The Hall–Kier alpha value is -1.45. The maximum absolute atomic E-state index is 12.6. The number of benzene rings is 1.